The number of sulfonamides is 2. The Morgan fingerprint density at radius 1 is 1.04 bits per heavy atom. The van der Waals surface area contributed by atoms with Crippen molar-refractivity contribution in [2.75, 3.05) is 7.05 Å². The van der Waals surface area contributed by atoms with Crippen LogP contribution in [0.2, 0.25) is 0 Å². The van der Waals surface area contributed by atoms with Crippen LogP contribution in [-0.4, -0.2) is 34.2 Å². The van der Waals surface area contributed by atoms with Crippen molar-refractivity contribution in [3.05, 3.63) is 58.6 Å². The maximum Gasteiger partial charge on any atom is 0.243 e. The first-order valence-corrected chi connectivity index (χ1v) is 11.7. The van der Waals surface area contributed by atoms with Crippen molar-refractivity contribution in [2.45, 2.75) is 35.2 Å². The summed E-state index contributed by atoms with van der Waals surface area (Å²) in [6, 6.07) is 12.8. The van der Waals surface area contributed by atoms with E-state index in [9.17, 15) is 16.8 Å². The Morgan fingerprint density at radius 3 is 2.27 bits per heavy atom. The number of nitrogens with one attached hydrogen (secondary N) is 1. The molecule has 1 aliphatic carbocycles. The molecular weight excluding hydrogens is 440 g/mol. The lowest BCUT2D eigenvalue weighted by molar-refractivity contribution is 0.466. The third kappa shape index (κ3) is 4.52. The van der Waals surface area contributed by atoms with Crippen LogP contribution in [0.15, 0.2) is 62.8 Å². The molecule has 0 heterocycles. The fourth-order valence-electron chi connectivity index (χ4n) is 2.40. The van der Waals surface area contributed by atoms with Gasteiger partial charge in [-0.3, -0.25) is 0 Å². The molecule has 0 aromatic heterocycles. The van der Waals surface area contributed by atoms with Gasteiger partial charge in [0.15, 0.2) is 0 Å². The van der Waals surface area contributed by atoms with E-state index in [-0.39, 0.29) is 22.4 Å². The number of rotatable bonds is 7. The van der Waals surface area contributed by atoms with Gasteiger partial charge in [0.05, 0.1) is 9.79 Å². The van der Waals surface area contributed by atoms with Crippen LogP contribution >= 0.6 is 15.9 Å². The predicted molar refractivity (Wildman–Crippen MR) is 103 cm³/mol. The molecule has 3 rings (SSSR count). The number of hydrogen-bond donors (Lipinski definition) is 1. The van der Waals surface area contributed by atoms with E-state index >= 15 is 0 Å². The summed E-state index contributed by atoms with van der Waals surface area (Å²) in [5.74, 6) is 0. The molecule has 0 amide bonds. The van der Waals surface area contributed by atoms with Crippen molar-refractivity contribution in [3.8, 4) is 0 Å². The van der Waals surface area contributed by atoms with E-state index in [0.29, 0.717) is 0 Å². The van der Waals surface area contributed by atoms with Gasteiger partial charge in [-0.2, -0.15) is 4.31 Å². The highest BCUT2D eigenvalue weighted by atomic mass is 79.9. The van der Waals surface area contributed by atoms with Gasteiger partial charge in [0.2, 0.25) is 20.0 Å². The molecule has 26 heavy (non-hydrogen) atoms. The zero-order valence-electron chi connectivity index (χ0n) is 14.1. The Hall–Kier alpha value is -1.26. The molecule has 9 heteroatoms. The molecule has 140 valence electrons. The average molecular weight is 459 g/mol. The number of benzene rings is 2. The summed E-state index contributed by atoms with van der Waals surface area (Å²) >= 11 is 3.34. The molecule has 1 aliphatic rings. The third-order valence-electron chi connectivity index (χ3n) is 4.04. The predicted octanol–water partition coefficient (Wildman–Crippen LogP) is 2.71. The quantitative estimate of drug-likeness (QED) is 0.690. The van der Waals surface area contributed by atoms with Crippen molar-refractivity contribution >= 4 is 36.0 Å². The molecule has 0 unspecified atom stereocenters. The van der Waals surface area contributed by atoms with Gasteiger partial charge in [-0.05, 0) is 48.7 Å². The molecule has 1 saturated carbocycles. The Labute approximate surface area is 162 Å². The molecule has 0 spiro atoms. The fourth-order valence-corrected chi connectivity index (χ4v) is 5.30. The minimum absolute atomic E-state index is 0.0393. The van der Waals surface area contributed by atoms with Gasteiger partial charge < -0.3 is 0 Å². The highest BCUT2D eigenvalue weighted by Gasteiger charge is 2.29. The second-order valence-electron chi connectivity index (χ2n) is 6.26. The van der Waals surface area contributed by atoms with E-state index in [1.165, 1.54) is 35.6 Å². The molecule has 0 bridgehead atoms. The van der Waals surface area contributed by atoms with Crippen LogP contribution in [0.1, 0.15) is 18.4 Å². The Bertz CT molecular complexity index is 1000. The molecule has 0 saturated heterocycles. The maximum absolute atomic E-state index is 12.8. The Balaban J connectivity index is 1.84. The third-order valence-corrected chi connectivity index (χ3v) is 7.89. The molecular formula is C17H19BrN2O4S2. The van der Waals surface area contributed by atoms with Crippen molar-refractivity contribution in [1.29, 1.82) is 0 Å². The molecule has 1 N–H and O–H groups in total. The molecule has 2 aromatic carbocycles. The van der Waals surface area contributed by atoms with E-state index in [1.54, 1.807) is 0 Å². The number of hydrogen-bond acceptors (Lipinski definition) is 4. The van der Waals surface area contributed by atoms with Gasteiger partial charge in [-0.15, -0.1) is 0 Å². The standard InChI is InChI=1S/C17H19BrN2O4S2/c1-20(12-13-5-7-14(18)8-6-13)26(23,24)17-4-2-3-16(11-17)25(21,22)19-15-9-10-15/h2-8,11,15,19H,9-10,12H2,1H3. The zero-order chi connectivity index (χ0) is 18.9. The molecule has 6 nitrogen and oxygen atoms in total. The lowest BCUT2D eigenvalue weighted by atomic mass is 10.2. The molecule has 0 radical (unpaired) electrons. The van der Waals surface area contributed by atoms with Crippen molar-refractivity contribution < 1.29 is 16.8 Å². The molecule has 2 aromatic rings. The highest BCUT2D eigenvalue weighted by molar-refractivity contribution is 9.10. The van der Waals surface area contributed by atoms with Crippen LogP contribution in [-0.2, 0) is 26.6 Å². The van der Waals surface area contributed by atoms with Crippen LogP contribution in [0, 0.1) is 0 Å². The van der Waals surface area contributed by atoms with Gasteiger partial charge in [0.25, 0.3) is 0 Å². The van der Waals surface area contributed by atoms with Gasteiger partial charge in [0, 0.05) is 24.1 Å². The first-order chi connectivity index (χ1) is 12.2. The van der Waals surface area contributed by atoms with Crippen LogP contribution in [0.3, 0.4) is 0 Å². The molecule has 0 atom stereocenters. The lowest BCUT2D eigenvalue weighted by Gasteiger charge is -2.18. The van der Waals surface area contributed by atoms with E-state index in [2.05, 4.69) is 20.7 Å². The minimum Gasteiger partial charge on any atom is -0.208 e. The van der Waals surface area contributed by atoms with Crippen molar-refractivity contribution in [1.82, 2.24) is 9.03 Å². The highest BCUT2D eigenvalue weighted by Crippen LogP contribution is 2.24. The van der Waals surface area contributed by atoms with Gasteiger partial charge in [-0.1, -0.05) is 34.1 Å². The smallest absolute Gasteiger partial charge is 0.208 e. The average Bonchev–Trinajstić information content (AvgIpc) is 3.40. The Morgan fingerprint density at radius 2 is 1.65 bits per heavy atom. The summed E-state index contributed by atoms with van der Waals surface area (Å²) in [4.78, 5) is -0.0849. The van der Waals surface area contributed by atoms with Crippen LogP contribution < -0.4 is 4.72 Å². The summed E-state index contributed by atoms with van der Waals surface area (Å²) < 4.78 is 55.0. The van der Waals surface area contributed by atoms with E-state index in [1.807, 2.05) is 24.3 Å². The fraction of sp³-hybridized carbons (Fsp3) is 0.294. The van der Waals surface area contributed by atoms with E-state index in [0.717, 1.165) is 22.9 Å². The van der Waals surface area contributed by atoms with Crippen LogP contribution in [0.5, 0.6) is 0 Å². The first kappa shape index (κ1) is 19.5. The molecule has 0 aliphatic heterocycles. The topological polar surface area (TPSA) is 83.6 Å². The summed E-state index contributed by atoms with van der Waals surface area (Å²) in [5, 5.41) is 0. The van der Waals surface area contributed by atoms with Gasteiger partial charge >= 0.3 is 0 Å². The van der Waals surface area contributed by atoms with E-state index in [4.69, 9.17) is 0 Å². The normalized spacial score (nSPS) is 15.3. The Kier molecular flexibility index (Phi) is 5.55. The number of halogens is 1. The summed E-state index contributed by atoms with van der Waals surface area (Å²) in [7, 11) is -6.05. The zero-order valence-corrected chi connectivity index (χ0v) is 17.3. The monoisotopic (exact) mass is 458 g/mol. The lowest BCUT2D eigenvalue weighted by Crippen LogP contribution is -2.28. The SMILES string of the molecule is CN(Cc1ccc(Br)cc1)S(=O)(=O)c1cccc(S(=O)(=O)NC2CC2)c1. The minimum atomic E-state index is -3.81. The number of nitrogens with zero attached hydrogens (tertiary/aromatic N) is 1. The first-order valence-electron chi connectivity index (χ1n) is 8.02. The van der Waals surface area contributed by atoms with E-state index < -0.39 is 20.0 Å². The summed E-state index contributed by atoms with van der Waals surface area (Å²) in [6.45, 7) is 0.187. The van der Waals surface area contributed by atoms with Crippen LogP contribution in [0.4, 0.5) is 0 Å². The molecule has 1 fully saturated rings. The van der Waals surface area contributed by atoms with Gasteiger partial charge in [0.1, 0.15) is 0 Å². The van der Waals surface area contributed by atoms with Crippen LogP contribution in [0.25, 0.3) is 0 Å². The summed E-state index contributed by atoms with van der Waals surface area (Å²) in [5.41, 5.74) is 0.832. The van der Waals surface area contributed by atoms with Gasteiger partial charge in [-0.25, -0.2) is 21.6 Å². The largest absolute Gasteiger partial charge is 0.243 e. The van der Waals surface area contributed by atoms with Crippen molar-refractivity contribution in [2.24, 2.45) is 0 Å². The second-order valence-corrected chi connectivity index (χ2v) is 10.9. The second kappa shape index (κ2) is 7.40. The summed E-state index contributed by atoms with van der Waals surface area (Å²) in [6.07, 6.45) is 1.63. The van der Waals surface area contributed by atoms with Crippen molar-refractivity contribution in [3.63, 3.8) is 0 Å². The maximum atomic E-state index is 12.8.